The highest BCUT2D eigenvalue weighted by Crippen LogP contribution is 2.21. The number of amides is 1. The number of rotatable bonds is 6. The van der Waals surface area contributed by atoms with E-state index in [1.165, 1.54) is 10.9 Å². The van der Waals surface area contributed by atoms with Gasteiger partial charge in [-0.15, -0.1) is 0 Å². The van der Waals surface area contributed by atoms with Crippen LogP contribution in [0.1, 0.15) is 32.8 Å². The van der Waals surface area contributed by atoms with Crippen molar-refractivity contribution in [2.24, 2.45) is 0 Å². The summed E-state index contributed by atoms with van der Waals surface area (Å²) < 4.78 is 5.32. The van der Waals surface area contributed by atoms with Gasteiger partial charge in [0.2, 0.25) is 0 Å². The zero-order valence-corrected chi connectivity index (χ0v) is 15.5. The highest BCUT2D eigenvalue weighted by atomic mass is 35.5. The first-order chi connectivity index (χ1) is 11.3. The molecule has 1 aromatic heterocycles. The number of aromatic nitrogens is 1. The lowest BCUT2D eigenvalue weighted by molar-refractivity contribution is 0.0297. The number of H-pyrrole nitrogens is 1. The SMILES string of the molecule is CN(CCCNCc1c[nH]c2cc(Cl)ccc12)C(=O)OC(C)(C)C. The van der Waals surface area contributed by atoms with Crippen molar-refractivity contribution in [3.8, 4) is 0 Å². The molecule has 6 heteroatoms. The molecule has 0 unspecified atom stereocenters. The Morgan fingerprint density at radius 3 is 2.83 bits per heavy atom. The molecule has 0 radical (unpaired) electrons. The summed E-state index contributed by atoms with van der Waals surface area (Å²) in [6, 6.07) is 5.86. The minimum atomic E-state index is -0.457. The minimum Gasteiger partial charge on any atom is -0.444 e. The van der Waals surface area contributed by atoms with E-state index in [9.17, 15) is 4.79 Å². The molecule has 2 N–H and O–H groups in total. The van der Waals surface area contributed by atoms with Crippen LogP contribution in [0.4, 0.5) is 4.79 Å². The van der Waals surface area contributed by atoms with E-state index < -0.39 is 5.60 Å². The topological polar surface area (TPSA) is 57.4 Å². The number of fused-ring (bicyclic) bond motifs is 1. The summed E-state index contributed by atoms with van der Waals surface area (Å²) in [6.45, 7) is 7.87. The zero-order valence-electron chi connectivity index (χ0n) is 14.8. The van der Waals surface area contributed by atoms with E-state index in [2.05, 4.69) is 10.3 Å². The van der Waals surface area contributed by atoms with Crippen molar-refractivity contribution in [2.45, 2.75) is 39.3 Å². The number of nitrogens with one attached hydrogen (secondary N) is 2. The summed E-state index contributed by atoms with van der Waals surface area (Å²) in [5.41, 5.74) is 1.80. The molecule has 0 aliphatic carbocycles. The maximum absolute atomic E-state index is 11.9. The van der Waals surface area contributed by atoms with Crippen LogP contribution in [0.2, 0.25) is 5.02 Å². The summed E-state index contributed by atoms with van der Waals surface area (Å²) in [4.78, 5) is 16.7. The smallest absolute Gasteiger partial charge is 0.410 e. The summed E-state index contributed by atoms with van der Waals surface area (Å²) in [5, 5.41) is 5.31. The lowest BCUT2D eigenvalue weighted by Gasteiger charge is -2.24. The van der Waals surface area contributed by atoms with Crippen LogP contribution in [0, 0.1) is 0 Å². The average Bonchev–Trinajstić information content (AvgIpc) is 2.87. The van der Waals surface area contributed by atoms with E-state index in [-0.39, 0.29) is 6.09 Å². The molecule has 24 heavy (non-hydrogen) atoms. The van der Waals surface area contributed by atoms with E-state index in [0.29, 0.717) is 6.54 Å². The van der Waals surface area contributed by atoms with Gasteiger partial charge in [0.15, 0.2) is 0 Å². The number of hydrogen-bond acceptors (Lipinski definition) is 3. The van der Waals surface area contributed by atoms with E-state index in [1.807, 2.05) is 45.2 Å². The third-order valence-corrected chi connectivity index (χ3v) is 3.83. The van der Waals surface area contributed by atoms with Crippen molar-refractivity contribution in [3.05, 3.63) is 35.0 Å². The van der Waals surface area contributed by atoms with Crippen molar-refractivity contribution in [3.63, 3.8) is 0 Å². The molecular formula is C18H26ClN3O2. The van der Waals surface area contributed by atoms with Crippen LogP contribution in [0.25, 0.3) is 10.9 Å². The summed E-state index contributed by atoms with van der Waals surface area (Å²) in [5.74, 6) is 0. The van der Waals surface area contributed by atoms with Crippen molar-refractivity contribution >= 4 is 28.6 Å². The van der Waals surface area contributed by atoms with E-state index in [1.54, 1.807) is 11.9 Å². The molecule has 2 aromatic rings. The van der Waals surface area contributed by atoms with Crippen LogP contribution < -0.4 is 5.32 Å². The molecule has 0 atom stereocenters. The number of hydrogen-bond donors (Lipinski definition) is 2. The largest absolute Gasteiger partial charge is 0.444 e. The average molecular weight is 352 g/mol. The molecule has 2 rings (SSSR count). The van der Waals surface area contributed by atoms with Crippen molar-refractivity contribution in [1.82, 2.24) is 15.2 Å². The molecule has 0 aliphatic heterocycles. The predicted molar refractivity (Wildman–Crippen MR) is 98.5 cm³/mol. The second-order valence-electron chi connectivity index (χ2n) is 6.94. The van der Waals surface area contributed by atoms with Gasteiger partial charge in [0.05, 0.1) is 0 Å². The summed E-state index contributed by atoms with van der Waals surface area (Å²) in [6.07, 6.45) is 2.58. The highest BCUT2D eigenvalue weighted by Gasteiger charge is 2.19. The first kappa shape index (κ1) is 18.6. The lowest BCUT2D eigenvalue weighted by atomic mass is 10.2. The fourth-order valence-corrected chi connectivity index (χ4v) is 2.57. The Labute approximate surface area is 148 Å². The Balaban J connectivity index is 1.72. The van der Waals surface area contributed by atoms with Gasteiger partial charge in [-0.1, -0.05) is 17.7 Å². The van der Waals surface area contributed by atoms with E-state index in [4.69, 9.17) is 16.3 Å². The zero-order chi connectivity index (χ0) is 17.7. The number of halogens is 1. The molecule has 0 saturated carbocycles. The van der Waals surface area contributed by atoms with Crippen molar-refractivity contribution in [1.29, 1.82) is 0 Å². The number of carbonyl (C=O) groups excluding carboxylic acids is 1. The number of ether oxygens (including phenoxy) is 1. The minimum absolute atomic E-state index is 0.281. The fraction of sp³-hybridized carbons (Fsp3) is 0.500. The number of carbonyl (C=O) groups is 1. The van der Waals surface area contributed by atoms with Gasteiger partial charge in [-0.3, -0.25) is 0 Å². The van der Waals surface area contributed by atoms with Gasteiger partial charge < -0.3 is 19.9 Å². The molecule has 0 aliphatic rings. The molecule has 0 bridgehead atoms. The molecule has 5 nitrogen and oxygen atoms in total. The molecule has 0 fully saturated rings. The van der Waals surface area contributed by atoms with Crippen LogP contribution in [0.15, 0.2) is 24.4 Å². The predicted octanol–water partition coefficient (Wildman–Crippen LogP) is 4.17. The molecular weight excluding hydrogens is 326 g/mol. The second kappa shape index (κ2) is 7.90. The summed E-state index contributed by atoms with van der Waals surface area (Å²) in [7, 11) is 1.76. The Kier molecular flexibility index (Phi) is 6.13. The van der Waals surface area contributed by atoms with Gasteiger partial charge in [0.1, 0.15) is 5.60 Å². The summed E-state index contributed by atoms with van der Waals surface area (Å²) >= 11 is 5.99. The van der Waals surface area contributed by atoms with Crippen LogP contribution in [0.5, 0.6) is 0 Å². The number of aromatic amines is 1. The monoisotopic (exact) mass is 351 g/mol. The molecule has 132 valence electrons. The second-order valence-corrected chi connectivity index (χ2v) is 7.37. The fourth-order valence-electron chi connectivity index (χ4n) is 2.40. The molecule has 1 amide bonds. The Bertz CT molecular complexity index is 691. The molecule has 0 spiro atoms. The Morgan fingerprint density at radius 2 is 2.12 bits per heavy atom. The van der Waals surface area contributed by atoms with Crippen LogP contribution in [-0.2, 0) is 11.3 Å². The van der Waals surface area contributed by atoms with Gasteiger partial charge in [-0.25, -0.2) is 4.79 Å². The molecule has 0 saturated heterocycles. The van der Waals surface area contributed by atoms with E-state index in [0.717, 1.165) is 30.0 Å². The first-order valence-electron chi connectivity index (χ1n) is 8.16. The highest BCUT2D eigenvalue weighted by molar-refractivity contribution is 6.31. The number of nitrogens with zero attached hydrogens (tertiary/aromatic N) is 1. The van der Waals surface area contributed by atoms with Crippen LogP contribution >= 0.6 is 11.6 Å². The third kappa shape index (κ3) is 5.42. The molecule has 1 aromatic carbocycles. The Morgan fingerprint density at radius 1 is 1.38 bits per heavy atom. The quantitative estimate of drug-likeness (QED) is 0.768. The van der Waals surface area contributed by atoms with Crippen molar-refractivity contribution in [2.75, 3.05) is 20.1 Å². The standard InChI is InChI=1S/C18H26ClN3O2/c1-18(2,3)24-17(23)22(4)9-5-8-20-11-13-12-21-16-10-14(19)6-7-15(13)16/h6-7,10,12,20-21H,5,8-9,11H2,1-4H3. The van der Waals surface area contributed by atoms with Gasteiger partial charge in [-0.2, -0.15) is 0 Å². The van der Waals surface area contributed by atoms with Gasteiger partial charge >= 0.3 is 6.09 Å². The van der Waals surface area contributed by atoms with Crippen molar-refractivity contribution < 1.29 is 9.53 Å². The van der Waals surface area contributed by atoms with Crippen LogP contribution in [-0.4, -0.2) is 41.7 Å². The third-order valence-electron chi connectivity index (χ3n) is 3.60. The normalized spacial score (nSPS) is 11.7. The van der Waals surface area contributed by atoms with Crippen LogP contribution in [0.3, 0.4) is 0 Å². The molecule has 1 heterocycles. The first-order valence-corrected chi connectivity index (χ1v) is 8.54. The van der Waals surface area contributed by atoms with E-state index >= 15 is 0 Å². The van der Waals surface area contributed by atoms with Gasteiger partial charge in [0, 0.05) is 42.3 Å². The van der Waals surface area contributed by atoms with Gasteiger partial charge in [-0.05, 0) is 51.4 Å². The number of benzene rings is 1. The Hall–Kier alpha value is -1.72. The maximum Gasteiger partial charge on any atom is 0.410 e. The maximum atomic E-state index is 11.9. The lowest BCUT2D eigenvalue weighted by Crippen LogP contribution is -2.35. The van der Waals surface area contributed by atoms with Gasteiger partial charge in [0.25, 0.3) is 0 Å².